The van der Waals surface area contributed by atoms with Gasteiger partial charge in [-0.05, 0) is 18.3 Å². The number of amides is 1. The molecule has 0 atom stereocenters. The Morgan fingerprint density at radius 2 is 2.17 bits per heavy atom. The van der Waals surface area contributed by atoms with Crippen molar-refractivity contribution in [1.29, 1.82) is 0 Å². The van der Waals surface area contributed by atoms with Gasteiger partial charge in [0.15, 0.2) is 0 Å². The first-order chi connectivity index (χ1) is 5.66. The van der Waals surface area contributed by atoms with Gasteiger partial charge >= 0.3 is 0 Å². The Morgan fingerprint density at radius 1 is 1.50 bits per heavy atom. The third-order valence-corrected chi connectivity index (χ3v) is 2.46. The van der Waals surface area contributed by atoms with Gasteiger partial charge in [0.05, 0.1) is 0 Å². The second-order valence-corrected chi connectivity index (χ2v) is 3.91. The Bertz CT molecular complexity index is 164. The van der Waals surface area contributed by atoms with Crippen LogP contribution in [-0.4, -0.2) is 26.0 Å². The summed E-state index contributed by atoms with van der Waals surface area (Å²) in [6, 6.07) is 0. The third kappa shape index (κ3) is 3.22. The molecule has 0 saturated heterocycles. The fourth-order valence-electron chi connectivity index (χ4n) is 1.11. The Morgan fingerprint density at radius 3 is 2.67 bits per heavy atom. The molecule has 1 fully saturated rings. The molecular formula is C9H18N2O. The van der Waals surface area contributed by atoms with E-state index in [4.69, 9.17) is 0 Å². The molecule has 0 spiro atoms. The minimum atomic E-state index is 0.114. The van der Waals surface area contributed by atoms with Crippen molar-refractivity contribution in [3.63, 3.8) is 0 Å². The standard InChI is InChI=1S/C9H18N2O/c1-9(4-5-9)7-11-6-3-8(12)10-2/h11H,3-7H2,1-2H3,(H,10,12). The van der Waals surface area contributed by atoms with E-state index in [0.29, 0.717) is 11.8 Å². The van der Waals surface area contributed by atoms with E-state index in [0.717, 1.165) is 13.1 Å². The van der Waals surface area contributed by atoms with Gasteiger partial charge in [-0.15, -0.1) is 0 Å². The van der Waals surface area contributed by atoms with Crippen LogP contribution in [0.25, 0.3) is 0 Å². The van der Waals surface area contributed by atoms with Gasteiger partial charge in [0.1, 0.15) is 0 Å². The highest BCUT2D eigenvalue weighted by Crippen LogP contribution is 2.43. The molecule has 1 saturated carbocycles. The first-order valence-electron chi connectivity index (χ1n) is 4.58. The first kappa shape index (κ1) is 9.52. The lowest BCUT2D eigenvalue weighted by atomic mass is 10.1. The predicted molar refractivity (Wildman–Crippen MR) is 48.9 cm³/mol. The molecule has 1 aliphatic rings. The van der Waals surface area contributed by atoms with Crippen molar-refractivity contribution in [2.24, 2.45) is 5.41 Å². The molecule has 0 bridgehead atoms. The summed E-state index contributed by atoms with van der Waals surface area (Å²) in [6.45, 7) is 4.14. The smallest absolute Gasteiger partial charge is 0.221 e. The average molecular weight is 170 g/mol. The van der Waals surface area contributed by atoms with Gasteiger partial charge in [0, 0.05) is 26.6 Å². The van der Waals surface area contributed by atoms with E-state index in [1.807, 2.05) is 0 Å². The molecule has 0 aromatic heterocycles. The van der Waals surface area contributed by atoms with Crippen LogP contribution in [0.3, 0.4) is 0 Å². The number of hydrogen-bond donors (Lipinski definition) is 2. The van der Waals surface area contributed by atoms with Crippen LogP contribution in [-0.2, 0) is 4.79 Å². The molecule has 1 amide bonds. The summed E-state index contributed by atoms with van der Waals surface area (Å²) in [7, 11) is 1.67. The topological polar surface area (TPSA) is 41.1 Å². The molecule has 0 unspecified atom stereocenters. The van der Waals surface area contributed by atoms with Crippen LogP contribution >= 0.6 is 0 Å². The molecular weight excluding hydrogens is 152 g/mol. The fourth-order valence-corrected chi connectivity index (χ4v) is 1.11. The molecule has 0 aromatic carbocycles. The largest absolute Gasteiger partial charge is 0.359 e. The van der Waals surface area contributed by atoms with Crippen molar-refractivity contribution in [1.82, 2.24) is 10.6 Å². The molecule has 0 aromatic rings. The van der Waals surface area contributed by atoms with E-state index in [1.54, 1.807) is 7.05 Å². The van der Waals surface area contributed by atoms with E-state index in [1.165, 1.54) is 12.8 Å². The lowest BCUT2D eigenvalue weighted by Crippen LogP contribution is -2.28. The molecule has 3 nitrogen and oxygen atoms in total. The van der Waals surface area contributed by atoms with Crippen LogP contribution in [0.2, 0.25) is 0 Å². The van der Waals surface area contributed by atoms with Crippen molar-refractivity contribution in [3.8, 4) is 0 Å². The summed E-state index contributed by atoms with van der Waals surface area (Å²) in [5.41, 5.74) is 0.544. The Hall–Kier alpha value is -0.570. The zero-order chi connectivity index (χ0) is 9.03. The number of carbonyl (C=O) groups excluding carboxylic acids is 1. The molecule has 2 N–H and O–H groups in total. The van der Waals surface area contributed by atoms with Gasteiger partial charge in [0.25, 0.3) is 0 Å². The summed E-state index contributed by atoms with van der Waals surface area (Å²) < 4.78 is 0. The van der Waals surface area contributed by atoms with Crippen LogP contribution in [0, 0.1) is 5.41 Å². The molecule has 3 heteroatoms. The van der Waals surface area contributed by atoms with Crippen molar-refractivity contribution in [2.75, 3.05) is 20.1 Å². The van der Waals surface area contributed by atoms with Crippen LogP contribution in [0.1, 0.15) is 26.2 Å². The maximum absolute atomic E-state index is 10.8. The fraction of sp³-hybridized carbons (Fsp3) is 0.889. The summed E-state index contributed by atoms with van der Waals surface area (Å²) >= 11 is 0. The van der Waals surface area contributed by atoms with E-state index in [9.17, 15) is 4.79 Å². The van der Waals surface area contributed by atoms with Crippen molar-refractivity contribution in [3.05, 3.63) is 0 Å². The van der Waals surface area contributed by atoms with Gasteiger partial charge in [0.2, 0.25) is 5.91 Å². The second-order valence-electron chi connectivity index (χ2n) is 3.91. The molecule has 1 rings (SSSR count). The second kappa shape index (κ2) is 3.90. The Labute approximate surface area is 73.9 Å². The van der Waals surface area contributed by atoms with Gasteiger partial charge < -0.3 is 10.6 Å². The maximum atomic E-state index is 10.8. The van der Waals surface area contributed by atoms with Gasteiger partial charge in [-0.3, -0.25) is 4.79 Å². The average Bonchev–Trinajstić information content (AvgIpc) is 2.78. The van der Waals surface area contributed by atoms with Crippen molar-refractivity contribution in [2.45, 2.75) is 26.2 Å². The summed E-state index contributed by atoms with van der Waals surface area (Å²) in [5, 5.41) is 5.89. The van der Waals surface area contributed by atoms with Gasteiger partial charge in [-0.1, -0.05) is 6.92 Å². The van der Waals surface area contributed by atoms with Crippen LogP contribution in [0.15, 0.2) is 0 Å². The normalized spacial score (nSPS) is 18.8. The number of nitrogens with one attached hydrogen (secondary N) is 2. The SMILES string of the molecule is CNC(=O)CCNCC1(C)CC1. The summed E-state index contributed by atoms with van der Waals surface area (Å²) in [6.07, 6.45) is 3.26. The highest BCUT2D eigenvalue weighted by molar-refractivity contribution is 5.75. The predicted octanol–water partition coefficient (Wildman–Crippen LogP) is 0.512. The van der Waals surface area contributed by atoms with Crippen LogP contribution in [0.5, 0.6) is 0 Å². The number of carbonyl (C=O) groups is 1. The van der Waals surface area contributed by atoms with E-state index < -0.39 is 0 Å². The molecule has 0 heterocycles. The first-order valence-corrected chi connectivity index (χ1v) is 4.58. The molecule has 70 valence electrons. The summed E-state index contributed by atoms with van der Waals surface area (Å²) in [4.78, 5) is 10.8. The Balaban J connectivity index is 1.92. The summed E-state index contributed by atoms with van der Waals surface area (Å²) in [5.74, 6) is 0.114. The lowest BCUT2D eigenvalue weighted by Gasteiger charge is -2.08. The molecule has 0 aliphatic heterocycles. The minimum Gasteiger partial charge on any atom is -0.359 e. The number of hydrogen-bond acceptors (Lipinski definition) is 2. The Kier molecular flexibility index (Phi) is 3.09. The lowest BCUT2D eigenvalue weighted by molar-refractivity contribution is -0.120. The van der Waals surface area contributed by atoms with Crippen LogP contribution < -0.4 is 10.6 Å². The van der Waals surface area contributed by atoms with Crippen LogP contribution in [0.4, 0.5) is 0 Å². The zero-order valence-electron chi connectivity index (χ0n) is 7.94. The molecule has 12 heavy (non-hydrogen) atoms. The monoisotopic (exact) mass is 170 g/mol. The van der Waals surface area contributed by atoms with E-state index in [2.05, 4.69) is 17.6 Å². The zero-order valence-corrected chi connectivity index (χ0v) is 7.94. The van der Waals surface area contributed by atoms with Crippen molar-refractivity contribution < 1.29 is 4.79 Å². The van der Waals surface area contributed by atoms with Gasteiger partial charge in [-0.25, -0.2) is 0 Å². The van der Waals surface area contributed by atoms with E-state index in [-0.39, 0.29) is 5.91 Å². The van der Waals surface area contributed by atoms with E-state index >= 15 is 0 Å². The molecule has 0 radical (unpaired) electrons. The maximum Gasteiger partial charge on any atom is 0.221 e. The highest BCUT2D eigenvalue weighted by atomic mass is 16.1. The quantitative estimate of drug-likeness (QED) is 0.590. The third-order valence-electron chi connectivity index (χ3n) is 2.46. The highest BCUT2D eigenvalue weighted by Gasteiger charge is 2.36. The molecule has 1 aliphatic carbocycles. The minimum absolute atomic E-state index is 0.114. The van der Waals surface area contributed by atoms with Gasteiger partial charge in [-0.2, -0.15) is 0 Å². The number of rotatable bonds is 5. The van der Waals surface area contributed by atoms with Crippen molar-refractivity contribution >= 4 is 5.91 Å².